The van der Waals surface area contributed by atoms with E-state index < -0.39 is 0 Å². The van der Waals surface area contributed by atoms with Crippen molar-refractivity contribution in [2.24, 2.45) is 0 Å². The van der Waals surface area contributed by atoms with Gasteiger partial charge in [-0.2, -0.15) is 0 Å². The number of piperazine rings is 1. The summed E-state index contributed by atoms with van der Waals surface area (Å²) >= 11 is 0. The normalized spacial score (nSPS) is 21.9. The van der Waals surface area contributed by atoms with E-state index >= 15 is 0 Å². The van der Waals surface area contributed by atoms with Crippen LogP contribution in [0.3, 0.4) is 0 Å². The van der Waals surface area contributed by atoms with E-state index in [4.69, 9.17) is 9.47 Å². The number of rotatable bonds is 6. The summed E-state index contributed by atoms with van der Waals surface area (Å²) in [6.45, 7) is 10.9. The van der Waals surface area contributed by atoms with Crippen LogP contribution >= 0.6 is 0 Å². The number of ether oxygens (including phenoxy) is 2. The van der Waals surface area contributed by atoms with Gasteiger partial charge < -0.3 is 14.4 Å². The van der Waals surface area contributed by atoms with Gasteiger partial charge in [0.05, 0.1) is 25.9 Å². The second-order valence-electron chi connectivity index (χ2n) is 9.38. The van der Waals surface area contributed by atoms with E-state index in [-0.39, 0.29) is 24.0 Å². The van der Waals surface area contributed by atoms with Gasteiger partial charge in [0.15, 0.2) is 0 Å². The molecule has 0 N–H and O–H groups in total. The molecule has 2 fully saturated rings. The number of nitrogens with zero attached hydrogens (tertiary/aromatic N) is 3. The molecule has 0 radical (unpaired) electrons. The van der Waals surface area contributed by atoms with Gasteiger partial charge in [0.1, 0.15) is 0 Å². The summed E-state index contributed by atoms with van der Waals surface area (Å²) in [5, 5.41) is 0. The van der Waals surface area contributed by atoms with Crippen molar-refractivity contribution in [1.82, 2.24) is 14.7 Å². The van der Waals surface area contributed by atoms with Crippen molar-refractivity contribution in [3.63, 3.8) is 0 Å². The van der Waals surface area contributed by atoms with Gasteiger partial charge in [-0.15, -0.1) is 0 Å². The van der Waals surface area contributed by atoms with Crippen molar-refractivity contribution in [2.75, 3.05) is 46.5 Å². The molecule has 0 aromatic heterocycles. The molecule has 0 spiro atoms. The van der Waals surface area contributed by atoms with Crippen LogP contribution in [0.1, 0.15) is 45.7 Å². The third-order valence-corrected chi connectivity index (χ3v) is 6.69. The lowest BCUT2D eigenvalue weighted by molar-refractivity contribution is 0.0267. The Labute approximate surface area is 202 Å². The maximum Gasteiger partial charge on any atom is 0.337 e. The lowest BCUT2D eigenvalue weighted by atomic mass is 10.0. The van der Waals surface area contributed by atoms with E-state index in [1.54, 1.807) is 12.1 Å². The molecule has 182 valence electrons. The van der Waals surface area contributed by atoms with Crippen molar-refractivity contribution in [3.8, 4) is 0 Å². The Hall–Kier alpha value is -2.74. The maximum atomic E-state index is 13.5. The zero-order valence-corrected chi connectivity index (χ0v) is 20.4. The lowest BCUT2D eigenvalue weighted by Crippen LogP contribution is -2.58. The molecule has 0 bridgehead atoms. The Balaban J connectivity index is 1.38. The van der Waals surface area contributed by atoms with Crippen molar-refractivity contribution in [1.29, 1.82) is 0 Å². The zero-order chi connectivity index (χ0) is 24.1. The Morgan fingerprint density at radius 1 is 0.882 bits per heavy atom. The Kier molecular flexibility index (Phi) is 7.98. The van der Waals surface area contributed by atoms with E-state index in [1.165, 1.54) is 12.7 Å². The highest BCUT2D eigenvalue weighted by atomic mass is 16.5. The minimum absolute atomic E-state index is 0.103. The van der Waals surface area contributed by atoms with Crippen molar-refractivity contribution in [2.45, 2.75) is 39.0 Å². The van der Waals surface area contributed by atoms with Crippen LogP contribution < -0.4 is 0 Å². The molecule has 7 nitrogen and oxygen atoms in total. The second kappa shape index (κ2) is 11.1. The number of methoxy groups -OCH3 is 1. The quantitative estimate of drug-likeness (QED) is 0.611. The first-order valence-electron chi connectivity index (χ1n) is 12.1. The average molecular weight is 466 g/mol. The molecule has 2 aliphatic heterocycles. The molecular weight excluding hydrogens is 430 g/mol. The lowest BCUT2D eigenvalue weighted by Gasteiger charge is -2.44. The van der Waals surface area contributed by atoms with E-state index in [2.05, 4.69) is 29.7 Å². The number of esters is 1. The summed E-state index contributed by atoms with van der Waals surface area (Å²) in [7, 11) is 1.39. The smallest absolute Gasteiger partial charge is 0.337 e. The van der Waals surface area contributed by atoms with Gasteiger partial charge in [-0.1, -0.05) is 24.3 Å². The van der Waals surface area contributed by atoms with Gasteiger partial charge in [0.2, 0.25) is 0 Å². The largest absolute Gasteiger partial charge is 0.465 e. The molecule has 2 heterocycles. The number of carbonyl (C=O) groups is 2. The number of benzene rings is 2. The summed E-state index contributed by atoms with van der Waals surface area (Å²) < 4.78 is 10.2. The summed E-state index contributed by atoms with van der Waals surface area (Å²) in [4.78, 5) is 31.9. The third kappa shape index (κ3) is 5.84. The van der Waals surface area contributed by atoms with Gasteiger partial charge in [0.25, 0.3) is 5.91 Å². The van der Waals surface area contributed by atoms with Crippen LogP contribution in [0.15, 0.2) is 48.5 Å². The summed E-state index contributed by atoms with van der Waals surface area (Å²) in [5.74, 6) is -0.221. The highest BCUT2D eigenvalue weighted by Crippen LogP contribution is 2.22. The van der Waals surface area contributed by atoms with Crippen LogP contribution in [-0.4, -0.2) is 85.2 Å². The third-order valence-electron chi connectivity index (χ3n) is 6.69. The second-order valence-corrected chi connectivity index (χ2v) is 9.38. The van der Waals surface area contributed by atoms with Gasteiger partial charge >= 0.3 is 5.97 Å². The predicted molar refractivity (Wildman–Crippen MR) is 131 cm³/mol. The Bertz CT molecular complexity index is 976. The molecule has 2 aromatic carbocycles. The molecule has 0 saturated carbocycles. The molecule has 2 aromatic rings. The monoisotopic (exact) mass is 465 g/mol. The fraction of sp³-hybridized carbons (Fsp3) is 0.481. The molecule has 0 unspecified atom stereocenters. The number of hydrogen-bond acceptors (Lipinski definition) is 6. The van der Waals surface area contributed by atoms with Crippen molar-refractivity contribution in [3.05, 3.63) is 70.8 Å². The van der Waals surface area contributed by atoms with Crippen molar-refractivity contribution >= 4 is 11.9 Å². The van der Waals surface area contributed by atoms with Crippen LogP contribution in [0.4, 0.5) is 0 Å². The maximum absolute atomic E-state index is 13.5. The topological polar surface area (TPSA) is 62.3 Å². The number of hydrogen-bond donors (Lipinski definition) is 0. The predicted octanol–water partition coefficient (Wildman–Crippen LogP) is 3.04. The number of morpholine rings is 1. The first kappa shape index (κ1) is 24.4. The van der Waals surface area contributed by atoms with Gasteiger partial charge in [-0.3, -0.25) is 14.6 Å². The van der Waals surface area contributed by atoms with Crippen LogP contribution in [0.2, 0.25) is 0 Å². The number of carbonyl (C=O) groups excluding carboxylic acids is 2. The molecule has 2 atom stereocenters. The highest BCUT2D eigenvalue weighted by molar-refractivity contribution is 5.95. The average Bonchev–Trinajstić information content (AvgIpc) is 2.84. The first-order valence-corrected chi connectivity index (χ1v) is 12.1. The fourth-order valence-corrected chi connectivity index (χ4v) is 5.05. The minimum Gasteiger partial charge on any atom is -0.465 e. The molecular formula is C27H35N3O4. The molecule has 2 aliphatic rings. The van der Waals surface area contributed by atoms with Crippen LogP contribution in [0.25, 0.3) is 0 Å². The van der Waals surface area contributed by atoms with Crippen LogP contribution in [-0.2, 0) is 22.6 Å². The molecule has 0 aliphatic carbocycles. The highest BCUT2D eigenvalue weighted by Gasteiger charge is 2.33. The Morgan fingerprint density at radius 3 is 2.18 bits per heavy atom. The molecule has 2 saturated heterocycles. The van der Waals surface area contributed by atoms with Gasteiger partial charge in [0, 0.05) is 56.9 Å². The SMILES string of the molecule is COC(=O)c1ccc(CN2C[C@@H](C)N(C(=O)c3cccc(CN4CCOCC4)c3)[C@@H](C)C2)cc1. The zero-order valence-electron chi connectivity index (χ0n) is 20.4. The fourth-order valence-electron chi connectivity index (χ4n) is 5.05. The van der Waals surface area contributed by atoms with Crippen molar-refractivity contribution < 1.29 is 19.1 Å². The minimum atomic E-state index is -0.324. The summed E-state index contributed by atoms with van der Waals surface area (Å²) in [5.41, 5.74) is 3.63. The standard InChI is InChI=1S/C27H35N3O4/c1-20-16-29(18-22-7-9-24(10-8-22)27(32)33-3)17-21(2)30(20)26(31)25-6-4-5-23(15-25)19-28-11-13-34-14-12-28/h4-10,15,20-21H,11-14,16-19H2,1-3H3/t20-,21+. The summed E-state index contributed by atoms with van der Waals surface area (Å²) in [6, 6.07) is 15.8. The van der Waals surface area contributed by atoms with Gasteiger partial charge in [-0.05, 0) is 49.2 Å². The molecule has 1 amide bonds. The van der Waals surface area contributed by atoms with E-state index in [0.717, 1.165) is 63.6 Å². The van der Waals surface area contributed by atoms with E-state index in [1.807, 2.05) is 35.2 Å². The molecule has 7 heteroatoms. The number of amides is 1. The molecule has 34 heavy (non-hydrogen) atoms. The van der Waals surface area contributed by atoms with Crippen LogP contribution in [0, 0.1) is 0 Å². The van der Waals surface area contributed by atoms with Crippen LogP contribution in [0.5, 0.6) is 0 Å². The Morgan fingerprint density at radius 2 is 1.53 bits per heavy atom. The molecule has 4 rings (SSSR count). The van der Waals surface area contributed by atoms with E-state index in [9.17, 15) is 9.59 Å². The van der Waals surface area contributed by atoms with Gasteiger partial charge in [-0.25, -0.2) is 4.79 Å². The summed E-state index contributed by atoms with van der Waals surface area (Å²) in [6.07, 6.45) is 0. The first-order chi connectivity index (χ1) is 16.4. The van der Waals surface area contributed by atoms with E-state index in [0.29, 0.717) is 5.56 Å².